The van der Waals surface area contributed by atoms with Gasteiger partial charge in [0, 0.05) is 11.4 Å². The van der Waals surface area contributed by atoms with Crippen LogP contribution in [0, 0.1) is 4.91 Å². The van der Waals surface area contributed by atoms with Crippen LogP contribution in [-0.4, -0.2) is 20.7 Å². The molecule has 0 atom stereocenters. The van der Waals surface area contributed by atoms with E-state index in [4.69, 9.17) is 5.73 Å². The molecular formula is C17H15N5O2. The van der Waals surface area contributed by atoms with Crippen molar-refractivity contribution in [1.29, 1.82) is 0 Å². The molecule has 3 aromatic rings. The Hall–Kier alpha value is -3.35. The van der Waals surface area contributed by atoms with Gasteiger partial charge in [0.25, 0.3) is 0 Å². The van der Waals surface area contributed by atoms with Gasteiger partial charge in [-0.25, -0.2) is 9.67 Å². The van der Waals surface area contributed by atoms with Crippen LogP contribution in [0.4, 0.5) is 5.69 Å². The van der Waals surface area contributed by atoms with Crippen LogP contribution in [0.2, 0.25) is 0 Å². The van der Waals surface area contributed by atoms with E-state index in [2.05, 4.69) is 27.4 Å². The molecule has 1 aromatic carbocycles. The Bertz CT molecular complexity index is 874. The summed E-state index contributed by atoms with van der Waals surface area (Å²) in [4.78, 5) is 25.9. The number of amides is 1. The molecule has 0 aliphatic carbocycles. The Morgan fingerprint density at radius 2 is 1.96 bits per heavy atom. The van der Waals surface area contributed by atoms with Crippen molar-refractivity contribution in [3.63, 3.8) is 0 Å². The molecule has 0 radical (unpaired) electrons. The molecule has 1 amide bonds. The number of nitrogen functional groups attached to an aromatic ring is 1. The Kier molecular flexibility index (Phi) is 4.42. The van der Waals surface area contributed by atoms with Crippen LogP contribution < -0.4 is 5.73 Å². The van der Waals surface area contributed by atoms with Gasteiger partial charge in [-0.05, 0) is 30.5 Å². The minimum Gasteiger partial charge on any atom is -0.396 e. The summed E-state index contributed by atoms with van der Waals surface area (Å²) in [5.74, 6) is -0.440. The predicted octanol–water partition coefficient (Wildman–Crippen LogP) is 2.54. The van der Waals surface area contributed by atoms with Gasteiger partial charge in [-0.1, -0.05) is 30.3 Å². The van der Waals surface area contributed by atoms with Crippen LogP contribution in [-0.2, 0) is 12.8 Å². The maximum absolute atomic E-state index is 11.4. The van der Waals surface area contributed by atoms with Crippen molar-refractivity contribution in [3.05, 3.63) is 76.6 Å². The molecule has 0 spiro atoms. The van der Waals surface area contributed by atoms with Crippen molar-refractivity contribution in [1.82, 2.24) is 14.8 Å². The lowest BCUT2D eigenvalue weighted by molar-refractivity contribution is 0.100. The van der Waals surface area contributed by atoms with Gasteiger partial charge < -0.3 is 5.73 Å². The summed E-state index contributed by atoms with van der Waals surface area (Å²) in [7, 11) is 0. The van der Waals surface area contributed by atoms with Crippen molar-refractivity contribution in [2.24, 2.45) is 5.18 Å². The van der Waals surface area contributed by atoms with Crippen LogP contribution in [0.25, 0.3) is 5.82 Å². The van der Waals surface area contributed by atoms with Gasteiger partial charge in [0.1, 0.15) is 0 Å². The lowest BCUT2D eigenvalue weighted by Crippen LogP contribution is -2.02. The molecule has 0 unspecified atom stereocenters. The fourth-order valence-corrected chi connectivity index (χ4v) is 2.37. The van der Waals surface area contributed by atoms with Gasteiger partial charge in [0.2, 0.25) is 0 Å². The number of carbonyl (C=O) groups is 1. The lowest BCUT2D eigenvalue weighted by atomic mass is 10.1. The standard InChI is InChI=1S/C17H15N5O2/c18-14-11-22(16-10-13(8-9-19-16)17(23)21-24)20-15(14)7-6-12-4-2-1-3-5-12/h1-5,8-11H,6-7,18H2. The summed E-state index contributed by atoms with van der Waals surface area (Å²) in [6.45, 7) is 0. The highest BCUT2D eigenvalue weighted by molar-refractivity contribution is 5.95. The summed E-state index contributed by atoms with van der Waals surface area (Å²) < 4.78 is 1.50. The maximum Gasteiger partial charge on any atom is 0.316 e. The van der Waals surface area contributed by atoms with E-state index < -0.39 is 5.91 Å². The molecule has 24 heavy (non-hydrogen) atoms. The van der Waals surface area contributed by atoms with Crippen LogP contribution in [0.5, 0.6) is 0 Å². The molecule has 0 aliphatic heterocycles. The number of benzene rings is 1. The monoisotopic (exact) mass is 321 g/mol. The number of carbonyl (C=O) groups excluding carboxylic acids is 1. The minimum absolute atomic E-state index is 0.162. The molecule has 120 valence electrons. The Balaban J connectivity index is 1.81. The van der Waals surface area contributed by atoms with Crippen molar-refractivity contribution < 1.29 is 4.79 Å². The Labute approximate surface area is 138 Å². The smallest absolute Gasteiger partial charge is 0.316 e. The third kappa shape index (κ3) is 3.35. The first-order chi connectivity index (χ1) is 11.7. The number of hydrogen-bond acceptors (Lipinski definition) is 5. The quantitative estimate of drug-likeness (QED) is 0.727. The number of pyridine rings is 1. The summed E-state index contributed by atoms with van der Waals surface area (Å²) in [5, 5.41) is 6.84. The summed E-state index contributed by atoms with van der Waals surface area (Å²) in [6, 6.07) is 12.9. The second kappa shape index (κ2) is 6.82. The van der Waals surface area contributed by atoms with Gasteiger partial charge in [0.05, 0.1) is 23.1 Å². The van der Waals surface area contributed by atoms with E-state index in [9.17, 15) is 9.70 Å². The lowest BCUT2D eigenvalue weighted by Gasteiger charge is -2.01. The van der Waals surface area contributed by atoms with E-state index in [0.717, 1.165) is 12.1 Å². The zero-order chi connectivity index (χ0) is 16.9. The number of anilines is 1. The fourth-order valence-electron chi connectivity index (χ4n) is 2.37. The molecule has 7 nitrogen and oxygen atoms in total. The number of rotatable bonds is 5. The van der Waals surface area contributed by atoms with Crippen molar-refractivity contribution in [3.8, 4) is 5.82 Å². The van der Waals surface area contributed by atoms with Crippen molar-refractivity contribution >= 4 is 11.6 Å². The average Bonchev–Trinajstić information content (AvgIpc) is 3.01. The summed E-state index contributed by atoms with van der Waals surface area (Å²) in [5.41, 5.74) is 8.69. The number of nitroso groups, excluding NO2 is 1. The first-order valence-corrected chi connectivity index (χ1v) is 7.39. The molecule has 3 rings (SSSR count). The summed E-state index contributed by atoms with van der Waals surface area (Å²) in [6.07, 6.45) is 4.58. The highest BCUT2D eigenvalue weighted by atomic mass is 16.3. The van der Waals surface area contributed by atoms with E-state index in [1.165, 1.54) is 28.6 Å². The van der Waals surface area contributed by atoms with Crippen LogP contribution in [0.15, 0.2) is 60.0 Å². The first-order valence-electron chi connectivity index (χ1n) is 7.39. The van der Waals surface area contributed by atoms with E-state index in [1.54, 1.807) is 6.20 Å². The van der Waals surface area contributed by atoms with Gasteiger partial charge in [0.15, 0.2) is 5.82 Å². The molecule has 0 aliphatic rings. The van der Waals surface area contributed by atoms with Gasteiger partial charge in [-0.2, -0.15) is 5.10 Å². The van der Waals surface area contributed by atoms with Gasteiger partial charge in [-0.3, -0.25) is 4.79 Å². The second-order valence-electron chi connectivity index (χ2n) is 5.26. The number of hydrogen-bond donors (Lipinski definition) is 1. The highest BCUT2D eigenvalue weighted by Crippen LogP contribution is 2.16. The Morgan fingerprint density at radius 3 is 2.71 bits per heavy atom. The molecule has 0 fully saturated rings. The van der Waals surface area contributed by atoms with E-state index in [0.29, 0.717) is 17.9 Å². The Morgan fingerprint density at radius 1 is 1.17 bits per heavy atom. The van der Waals surface area contributed by atoms with Crippen molar-refractivity contribution in [2.75, 3.05) is 5.73 Å². The van der Waals surface area contributed by atoms with E-state index >= 15 is 0 Å². The van der Waals surface area contributed by atoms with Gasteiger partial charge >= 0.3 is 5.91 Å². The molecule has 2 N–H and O–H groups in total. The molecular weight excluding hydrogens is 306 g/mol. The molecule has 0 saturated heterocycles. The van der Waals surface area contributed by atoms with Crippen LogP contribution in [0.3, 0.4) is 0 Å². The number of nitrogens with two attached hydrogens (primary N) is 1. The van der Waals surface area contributed by atoms with Crippen LogP contribution >= 0.6 is 0 Å². The first kappa shape index (κ1) is 15.5. The van der Waals surface area contributed by atoms with E-state index in [-0.39, 0.29) is 5.56 Å². The second-order valence-corrected chi connectivity index (χ2v) is 5.26. The SMILES string of the molecule is Nc1cn(-c2cc(C(=O)N=O)ccn2)nc1CCc1ccccc1. The third-order valence-corrected chi connectivity index (χ3v) is 3.63. The zero-order valence-electron chi connectivity index (χ0n) is 12.8. The van der Waals surface area contributed by atoms with Crippen LogP contribution in [0.1, 0.15) is 21.6 Å². The average molecular weight is 321 g/mol. The number of aromatic nitrogens is 3. The molecule has 7 heteroatoms. The highest BCUT2D eigenvalue weighted by Gasteiger charge is 2.11. The molecule has 2 aromatic heterocycles. The third-order valence-electron chi connectivity index (χ3n) is 3.63. The summed E-state index contributed by atoms with van der Waals surface area (Å²) >= 11 is 0. The minimum atomic E-state index is -0.844. The van der Waals surface area contributed by atoms with Crippen molar-refractivity contribution in [2.45, 2.75) is 12.8 Å². The fraction of sp³-hybridized carbons (Fsp3) is 0.118. The number of nitrogens with zero attached hydrogens (tertiary/aromatic N) is 4. The zero-order valence-corrected chi connectivity index (χ0v) is 12.8. The maximum atomic E-state index is 11.4. The molecule has 0 bridgehead atoms. The molecule has 0 saturated carbocycles. The molecule has 2 heterocycles. The normalized spacial score (nSPS) is 10.5. The largest absolute Gasteiger partial charge is 0.396 e. The van der Waals surface area contributed by atoms with E-state index in [1.807, 2.05) is 18.2 Å². The van der Waals surface area contributed by atoms with Gasteiger partial charge in [-0.15, -0.1) is 4.91 Å². The number of aryl methyl sites for hydroxylation is 2. The predicted molar refractivity (Wildman–Crippen MR) is 89.7 cm³/mol. The topological polar surface area (TPSA) is 103 Å².